The van der Waals surface area contributed by atoms with Crippen molar-refractivity contribution in [1.29, 1.82) is 0 Å². The second-order valence-corrected chi connectivity index (χ2v) is 9.34. The number of amides is 3. The molecule has 0 saturated carbocycles. The smallest absolute Gasteiger partial charge is 0.282 e. The van der Waals surface area contributed by atoms with Crippen LogP contribution < -0.4 is 25.2 Å². The van der Waals surface area contributed by atoms with Crippen LogP contribution in [0, 0.1) is 6.92 Å². The number of halogens is 2. The Morgan fingerprint density at radius 1 is 1.06 bits per heavy atom. The minimum Gasteiger partial charge on any atom is -0.493 e. The zero-order chi connectivity index (χ0) is 25.8. The summed E-state index contributed by atoms with van der Waals surface area (Å²) in [6.07, 6.45) is 1.46. The van der Waals surface area contributed by atoms with Crippen LogP contribution in [0.5, 0.6) is 11.5 Å². The number of para-hydroxylation sites is 2. The summed E-state index contributed by atoms with van der Waals surface area (Å²) in [5, 5.41) is 4.00. The van der Waals surface area contributed by atoms with Crippen LogP contribution in [0.2, 0.25) is 0 Å². The van der Waals surface area contributed by atoms with Crippen molar-refractivity contribution < 1.29 is 23.9 Å². The van der Waals surface area contributed by atoms with Crippen molar-refractivity contribution in [3.8, 4) is 11.5 Å². The van der Waals surface area contributed by atoms with E-state index in [1.165, 1.54) is 18.2 Å². The van der Waals surface area contributed by atoms with Crippen LogP contribution in [-0.4, -0.2) is 31.4 Å². The van der Waals surface area contributed by atoms with E-state index >= 15 is 0 Å². The number of rotatable bonds is 7. The first-order valence-electron chi connectivity index (χ1n) is 10.8. The fourth-order valence-electron chi connectivity index (χ4n) is 3.50. The molecule has 10 heteroatoms. The first-order valence-corrected chi connectivity index (χ1v) is 12.3. The van der Waals surface area contributed by atoms with Gasteiger partial charge in [-0.05, 0) is 80.3 Å². The zero-order valence-electron chi connectivity index (χ0n) is 19.3. The predicted octanol–water partition coefficient (Wildman–Crippen LogP) is 5.01. The second kappa shape index (κ2) is 11.0. The Bertz CT molecular complexity index is 1380. The summed E-state index contributed by atoms with van der Waals surface area (Å²) >= 11 is 6.96. The lowest BCUT2D eigenvalue weighted by atomic mass is 10.1. The number of carbonyl (C=O) groups excluding carboxylic acids is 3. The number of methoxy groups -OCH3 is 1. The SMILES string of the molecule is COc1cc(/C=C2/C(=O)NN(c3ccccc3)C2=O)c(Br)c(Br)c1OCC(=O)Nc1ccccc1C. The van der Waals surface area contributed by atoms with Gasteiger partial charge in [-0.3, -0.25) is 19.8 Å². The molecule has 0 aliphatic carbocycles. The predicted molar refractivity (Wildman–Crippen MR) is 144 cm³/mol. The molecule has 1 saturated heterocycles. The van der Waals surface area contributed by atoms with Crippen LogP contribution in [0.3, 0.4) is 0 Å². The molecule has 0 radical (unpaired) electrons. The molecule has 4 rings (SSSR count). The average Bonchev–Trinajstić information content (AvgIpc) is 3.16. The standard InChI is InChI=1S/C26H21Br2N3O5/c1-15-8-6-7-11-19(15)29-21(32)14-36-24-20(35-2)13-16(22(27)23(24)28)12-18-25(33)30-31(26(18)34)17-9-4-3-5-10-17/h3-13H,14H2,1-2H3,(H,29,32)(H,30,33)/b18-12-. The van der Waals surface area contributed by atoms with Gasteiger partial charge in [-0.15, -0.1) is 0 Å². The molecule has 1 aliphatic heterocycles. The molecule has 3 aromatic carbocycles. The number of benzene rings is 3. The van der Waals surface area contributed by atoms with E-state index in [2.05, 4.69) is 42.6 Å². The number of nitrogens with one attached hydrogen (secondary N) is 2. The molecule has 0 spiro atoms. The second-order valence-electron chi connectivity index (χ2n) is 7.75. The first-order chi connectivity index (χ1) is 17.3. The van der Waals surface area contributed by atoms with E-state index in [1.54, 1.807) is 30.3 Å². The molecular formula is C26H21Br2N3O5. The van der Waals surface area contributed by atoms with Gasteiger partial charge in [0.15, 0.2) is 18.1 Å². The van der Waals surface area contributed by atoms with Gasteiger partial charge in [0.2, 0.25) is 0 Å². The number of anilines is 2. The molecule has 1 fully saturated rings. The summed E-state index contributed by atoms with van der Waals surface area (Å²) in [6.45, 7) is 1.64. The van der Waals surface area contributed by atoms with Gasteiger partial charge in [0.1, 0.15) is 5.57 Å². The fourth-order valence-corrected chi connectivity index (χ4v) is 4.45. The van der Waals surface area contributed by atoms with Gasteiger partial charge in [-0.2, -0.15) is 0 Å². The van der Waals surface area contributed by atoms with Crippen LogP contribution >= 0.6 is 31.9 Å². The van der Waals surface area contributed by atoms with Crippen molar-refractivity contribution in [2.45, 2.75) is 6.92 Å². The van der Waals surface area contributed by atoms with E-state index in [4.69, 9.17) is 9.47 Å². The Labute approximate surface area is 224 Å². The third-order valence-electron chi connectivity index (χ3n) is 5.35. The van der Waals surface area contributed by atoms with Crippen molar-refractivity contribution in [3.05, 3.63) is 86.3 Å². The van der Waals surface area contributed by atoms with Gasteiger partial charge in [-0.1, -0.05) is 36.4 Å². The molecule has 0 bridgehead atoms. The number of hydrogen-bond acceptors (Lipinski definition) is 5. The minimum absolute atomic E-state index is 0.0419. The van der Waals surface area contributed by atoms with Gasteiger partial charge in [0.25, 0.3) is 17.7 Å². The third kappa shape index (κ3) is 5.29. The molecule has 184 valence electrons. The Morgan fingerprint density at radius 3 is 2.44 bits per heavy atom. The largest absolute Gasteiger partial charge is 0.493 e. The first kappa shape index (κ1) is 25.5. The fraction of sp³-hybridized carbons (Fsp3) is 0.115. The maximum Gasteiger partial charge on any atom is 0.282 e. The normalized spacial score (nSPS) is 14.1. The molecular weight excluding hydrogens is 594 g/mol. The molecule has 1 heterocycles. The highest BCUT2D eigenvalue weighted by Gasteiger charge is 2.34. The molecule has 36 heavy (non-hydrogen) atoms. The molecule has 0 unspecified atom stereocenters. The van der Waals surface area contributed by atoms with Gasteiger partial charge in [0, 0.05) is 10.2 Å². The number of carbonyl (C=O) groups is 3. The number of aryl methyl sites for hydroxylation is 1. The molecule has 0 aromatic heterocycles. The Hall–Kier alpha value is -3.63. The number of hydrazine groups is 1. The third-order valence-corrected chi connectivity index (χ3v) is 7.49. The number of nitrogens with zero attached hydrogens (tertiary/aromatic N) is 1. The van der Waals surface area contributed by atoms with E-state index in [9.17, 15) is 14.4 Å². The molecule has 3 aromatic rings. The van der Waals surface area contributed by atoms with Crippen LogP contribution in [0.4, 0.5) is 11.4 Å². The van der Waals surface area contributed by atoms with Crippen molar-refractivity contribution in [1.82, 2.24) is 5.43 Å². The van der Waals surface area contributed by atoms with Crippen molar-refractivity contribution in [3.63, 3.8) is 0 Å². The molecule has 8 nitrogen and oxygen atoms in total. The maximum absolute atomic E-state index is 12.9. The quantitative estimate of drug-likeness (QED) is 0.288. The van der Waals surface area contributed by atoms with Crippen molar-refractivity contribution in [2.75, 3.05) is 24.0 Å². The van der Waals surface area contributed by atoms with Crippen LogP contribution in [0.25, 0.3) is 6.08 Å². The monoisotopic (exact) mass is 613 g/mol. The number of hydrogen-bond donors (Lipinski definition) is 2. The highest BCUT2D eigenvalue weighted by Crippen LogP contribution is 2.43. The Balaban J connectivity index is 1.56. The topological polar surface area (TPSA) is 97.0 Å². The highest BCUT2D eigenvalue weighted by molar-refractivity contribution is 9.13. The van der Waals surface area contributed by atoms with Crippen molar-refractivity contribution in [2.24, 2.45) is 0 Å². The summed E-state index contributed by atoms with van der Waals surface area (Å²) < 4.78 is 12.2. The van der Waals surface area contributed by atoms with E-state index in [1.807, 2.05) is 37.3 Å². The van der Waals surface area contributed by atoms with E-state index in [-0.39, 0.29) is 18.1 Å². The van der Waals surface area contributed by atoms with Gasteiger partial charge in [-0.25, -0.2) is 5.01 Å². The molecule has 1 aliphatic rings. The maximum atomic E-state index is 12.9. The molecule has 3 amide bonds. The van der Waals surface area contributed by atoms with Gasteiger partial charge in [0.05, 0.1) is 17.3 Å². The summed E-state index contributed by atoms with van der Waals surface area (Å²) in [7, 11) is 1.46. The minimum atomic E-state index is -0.529. The van der Waals surface area contributed by atoms with Crippen LogP contribution in [0.15, 0.2) is 75.2 Å². The van der Waals surface area contributed by atoms with Crippen molar-refractivity contribution >= 4 is 67.0 Å². The summed E-state index contributed by atoms with van der Waals surface area (Å²) in [5.74, 6) is -0.749. The average molecular weight is 615 g/mol. The van der Waals surface area contributed by atoms with Gasteiger partial charge >= 0.3 is 0 Å². The Morgan fingerprint density at radius 2 is 1.75 bits per heavy atom. The van der Waals surface area contributed by atoms with Crippen LogP contribution in [0.1, 0.15) is 11.1 Å². The van der Waals surface area contributed by atoms with Gasteiger partial charge < -0.3 is 14.8 Å². The highest BCUT2D eigenvalue weighted by atomic mass is 79.9. The lowest BCUT2D eigenvalue weighted by Gasteiger charge is -2.16. The molecule has 0 atom stereocenters. The molecule has 2 N–H and O–H groups in total. The number of ether oxygens (including phenoxy) is 2. The summed E-state index contributed by atoms with van der Waals surface area (Å²) in [5.41, 5.74) is 5.21. The van der Waals surface area contributed by atoms with E-state index in [0.717, 1.165) is 5.56 Å². The lowest BCUT2D eigenvalue weighted by Crippen LogP contribution is -2.35. The lowest BCUT2D eigenvalue weighted by molar-refractivity contribution is -0.118. The van der Waals surface area contributed by atoms with Crippen LogP contribution in [-0.2, 0) is 14.4 Å². The van der Waals surface area contributed by atoms with E-state index < -0.39 is 11.8 Å². The Kier molecular flexibility index (Phi) is 7.76. The summed E-state index contributed by atoms with van der Waals surface area (Å²) in [4.78, 5) is 38.0. The van der Waals surface area contributed by atoms with E-state index in [0.29, 0.717) is 37.4 Å². The summed E-state index contributed by atoms with van der Waals surface area (Å²) in [6, 6.07) is 17.8. The zero-order valence-corrected chi connectivity index (χ0v) is 22.5.